The number of fused-ring (bicyclic) bond motifs is 1. The molecule has 0 saturated heterocycles. The van der Waals surface area contributed by atoms with Crippen molar-refractivity contribution in [1.82, 2.24) is 10.3 Å². The van der Waals surface area contributed by atoms with Crippen LogP contribution in [0.3, 0.4) is 0 Å². The van der Waals surface area contributed by atoms with Gasteiger partial charge in [0.05, 0.1) is 17.7 Å². The Kier molecular flexibility index (Phi) is 4.62. The van der Waals surface area contributed by atoms with E-state index in [1.165, 1.54) is 12.1 Å². The van der Waals surface area contributed by atoms with Crippen LogP contribution in [0.2, 0.25) is 0 Å². The SMILES string of the molecule is CC(NC(=O)c1c[nH]c2cc(F)ccc12)C(O)Cc1ccccc1. The normalized spacial score (nSPS) is 13.6. The number of amides is 1. The van der Waals surface area contributed by atoms with Crippen molar-refractivity contribution in [3.05, 3.63) is 71.7 Å². The molecule has 3 N–H and O–H groups in total. The van der Waals surface area contributed by atoms with E-state index in [1.54, 1.807) is 19.2 Å². The zero-order chi connectivity index (χ0) is 17.1. The minimum absolute atomic E-state index is 0.299. The number of hydrogen-bond donors (Lipinski definition) is 3. The molecule has 3 aromatic rings. The van der Waals surface area contributed by atoms with Crippen molar-refractivity contribution in [3.8, 4) is 0 Å². The molecule has 2 aromatic carbocycles. The van der Waals surface area contributed by atoms with E-state index in [0.29, 0.717) is 22.9 Å². The molecule has 1 heterocycles. The molecule has 124 valence electrons. The zero-order valence-electron chi connectivity index (χ0n) is 13.3. The topological polar surface area (TPSA) is 65.1 Å². The number of hydrogen-bond acceptors (Lipinski definition) is 2. The molecule has 3 rings (SSSR count). The first-order valence-electron chi connectivity index (χ1n) is 7.84. The molecule has 0 aliphatic rings. The van der Waals surface area contributed by atoms with Crippen molar-refractivity contribution in [2.24, 2.45) is 0 Å². The van der Waals surface area contributed by atoms with Crippen LogP contribution in [0.15, 0.2) is 54.7 Å². The number of rotatable bonds is 5. The average Bonchev–Trinajstić information content (AvgIpc) is 2.98. The van der Waals surface area contributed by atoms with Crippen LogP contribution < -0.4 is 5.32 Å². The number of H-pyrrole nitrogens is 1. The first kappa shape index (κ1) is 16.2. The molecule has 2 unspecified atom stereocenters. The molecule has 0 fully saturated rings. The highest BCUT2D eigenvalue weighted by Gasteiger charge is 2.19. The summed E-state index contributed by atoms with van der Waals surface area (Å²) >= 11 is 0. The second-order valence-electron chi connectivity index (χ2n) is 5.91. The number of aromatic amines is 1. The smallest absolute Gasteiger partial charge is 0.253 e. The van der Waals surface area contributed by atoms with Crippen LogP contribution in [0.1, 0.15) is 22.8 Å². The lowest BCUT2D eigenvalue weighted by atomic mass is 10.0. The molecule has 0 bridgehead atoms. The maximum atomic E-state index is 13.2. The van der Waals surface area contributed by atoms with Crippen molar-refractivity contribution in [2.45, 2.75) is 25.5 Å². The van der Waals surface area contributed by atoms with Crippen molar-refractivity contribution < 1.29 is 14.3 Å². The van der Waals surface area contributed by atoms with Crippen LogP contribution in [0.25, 0.3) is 10.9 Å². The van der Waals surface area contributed by atoms with Gasteiger partial charge in [-0.05, 0) is 30.7 Å². The molecule has 0 spiro atoms. The Balaban J connectivity index is 1.69. The molecule has 0 aliphatic heterocycles. The molecule has 0 aliphatic carbocycles. The molecular weight excluding hydrogens is 307 g/mol. The molecule has 1 amide bonds. The third kappa shape index (κ3) is 3.46. The maximum absolute atomic E-state index is 13.2. The summed E-state index contributed by atoms with van der Waals surface area (Å²) in [6.07, 6.45) is 1.32. The Morgan fingerprint density at radius 3 is 2.75 bits per heavy atom. The van der Waals surface area contributed by atoms with Gasteiger partial charge in [-0.2, -0.15) is 0 Å². The van der Waals surface area contributed by atoms with Gasteiger partial charge in [0.2, 0.25) is 0 Å². The van der Waals surface area contributed by atoms with Crippen LogP contribution in [-0.2, 0) is 6.42 Å². The van der Waals surface area contributed by atoms with Gasteiger partial charge in [0, 0.05) is 23.5 Å². The van der Waals surface area contributed by atoms with Crippen LogP contribution >= 0.6 is 0 Å². The van der Waals surface area contributed by atoms with Crippen molar-refractivity contribution in [3.63, 3.8) is 0 Å². The number of aliphatic hydroxyl groups is 1. The molecule has 4 nitrogen and oxygen atoms in total. The number of carbonyl (C=O) groups excluding carboxylic acids is 1. The van der Waals surface area contributed by atoms with Crippen LogP contribution in [0, 0.1) is 5.82 Å². The predicted molar refractivity (Wildman–Crippen MR) is 91.3 cm³/mol. The molecule has 24 heavy (non-hydrogen) atoms. The second kappa shape index (κ2) is 6.84. The lowest BCUT2D eigenvalue weighted by molar-refractivity contribution is 0.0853. The highest BCUT2D eigenvalue weighted by atomic mass is 19.1. The Hall–Kier alpha value is -2.66. The summed E-state index contributed by atoms with van der Waals surface area (Å²) in [4.78, 5) is 15.3. The monoisotopic (exact) mass is 326 g/mol. The molecule has 0 saturated carbocycles. The fourth-order valence-corrected chi connectivity index (χ4v) is 2.70. The van der Waals surface area contributed by atoms with Gasteiger partial charge in [-0.3, -0.25) is 4.79 Å². The van der Waals surface area contributed by atoms with Gasteiger partial charge in [-0.15, -0.1) is 0 Å². The van der Waals surface area contributed by atoms with Crippen molar-refractivity contribution in [2.75, 3.05) is 0 Å². The van der Waals surface area contributed by atoms with Gasteiger partial charge in [-0.1, -0.05) is 30.3 Å². The van der Waals surface area contributed by atoms with Gasteiger partial charge < -0.3 is 15.4 Å². The van der Waals surface area contributed by atoms with E-state index in [2.05, 4.69) is 10.3 Å². The van der Waals surface area contributed by atoms with Gasteiger partial charge in [0.15, 0.2) is 0 Å². The van der Waals surface area contributed by atoms with E-state index in [4.69, 9.17) is 0 Å². The molecule has 5 heteroatoms. The lowest BCUT2D eigenvalue weighted by Crippen LogP contribution is -2.42. The molecule has 0 radical (unpaired) electrons. The minimum atomic E-state index is -0.695. The largest absolute Gasteiger partial charge is 0.391 e. The summed E-state index contributed by atoms with van der Waals surface area (Å²) < 4.78 is 13.2. The summed E-state index contributed by atoms with van der Waals surface area (Å²) in [5.41, 5.74) is 2.01. The van der Waals surface area contributed by atoms with Crippen LogP contribution in [0.5, 0.6) is 0 Å². The third-order valence-electron chi connectivity index (χ3n) is 4.11. The van der Waals surface area contributed by atoms with Gasteiger partial charge in [0.1, 0.15) is 5.82 Å². The van der Waals surface area contributed by atoms with E-state index < -0.39 is 12.1 Å². The lowest BCUT2D eigenvalue weighted by Gasteiger charge is -2.20. The summed E-state index contributed by atoms with van der Waals surface area (Å²) in [7, 11) is 0. The van der Waals surface area contributed by atoms with Crippen LogP contribution in [0.4, 0.5) is 4.39 Å². The van der Waals surface area contributed by atoms with E-state index in [9.17, 15) is 14.3 Å². The van der Waals surface area contributed by atoms with Crippen LogP contribution in [-0.4, -0.2) is 28.1 Å². The number of aliphatic hydroxyl groups excluding tert-OH is 1. The standard InChI is InChI=1S/C19H19FN2O2/c1-12(18(23)9-13-5-3-2-4-6-13)22-19(24)16-11-21-17-10-14(20)7-8-15(16)17/h2-8,10-12,18,21,23H,9H2,1H3,(H,22,24). The van der Waals surface area contributed by atoms with E-state index in [-0.39, 0.29) is 11.7 Å². The predicted octanol–water partition coefficient (Wildman–Crippen LogP) is 3.03. The minimum Gasteiger partial charge on any atom is -0.391 e. The van der Waals surface area contributed by atoms with Gasteiger partial charge in [-0.25, -0.2) is 4.39 Å². The molecule has 2 atom stereocenters. The highest BCUT2D eigenvalue weighted by molar-refractivity contribution is 6.06. The summed E-state index contributed by atoms with van der Waals surface area (Å²) in [5, 5.41) is 13.8. The Morgan fingerprint density at radius 2 is 2.00 bits per heavy atom. The fraction of sp³-hybridized carbons (Fsp3) is 0.211. The number of benzene rings is 2. The quantitative estimate of drug-likeness (QED) is 0.675. The van der Waals surface area contributed by atoms with Gasteiger partial charge in [0.25, 0.3) is 5.91 Å². The van der Waals surface area contributed by atoms with E-state index in [1.807, 2.05) is 30.3 Å². The summed E-state index contributed by atoms with van der Waals surface area (Å²) in [6, 6.07) is 13.4. The first-order chi connectivity index (χ1) is 11.5. The Labute approximate surface area is 139 Å². The van der Waals surface area contributed by atoms with Gasteiger partial charge >= 0.3 is 0 Å². The summed E-state index contributed by atoms with van der Waals surface area (Å²) in [5.74, 6) is -0.657. The maximum Gasteiger partial charge on any atom is 0.253 e. The molecule has 1 aromatic heterocycles. The highest BCUT2D eigenvalue weighted by Crippen LogP contribution is 2.19. The Morgan fingerprint density at radius 1 is 1.25 bits per heavy atom. The second-order valence-corrected chi connectivity index (χ2v) is 5.91. The fourth-order valence-electron chi connectivity index (χ4n) is 2.70. The van der Waals surface area contributed by atoms with E-state index in [0.717, 1.165) is 5.56 Å². The number of nitrogens with one attached hydrogen (secondary N) is 2. The van der Waals surface area contributed by atoms with E-state index >= 15 is 0 Å². The Bertz CT molecular complexity index is 845. The number of carbonyl (C=O) groups is 1. The average molecular weight is 326 g/mol. The molecular formula is C19H19FN2O2. The zero-order valence-corrected chi connectivity index (χ0v) is 13.3. The number of aromatic nitrogens is 1. The van der Waals surface area contributed by atoms with Crippen molar-refractivity contribution in [1.29, 1.82) is 0 Å². The number of halogens is 1. The summed E-state index contributed by atoms with van der Waals surface area (Å²) in [6.45, 7) is 1.76. The van der Waals surface area contributed by atoms with Crippen molar-refractivity contribution >= 4 is 16.8 Å². The first-order valence-corrected chi connectivity index (χ1v) is 7.84. The third-order valence-corrected chi connectivity index (χ3v) is 4.11.